The van der Waals surface area contributed by atoms with Crippen molar-refractivity contribution in [2.24, 2.45) is 5.41 Å². The number of ether oxygens (including phenoxy) is 1. The Balaban J connectivity index is 1.66. The largest absolute Gasteiger partial charge is 0.489 e. The molecule has 1 amide bonds. The zero-order chi connectivity index (χ0) is 19.7. The number of carbonyl (C=O) groups is 1. The van der Waals surface area contributed by atoms with Gasteiger partial charge in [0, 0.05) is 6.92 Å². The van der Waals surface area contributed by atoms with E-state index in [1.165, 1.54) is 24.3 Å². The van der Waals surface area contributed by atoms with E-state index in [-0.39, 0.29) is 17.7 Å². The summed E-state index contributed by atoms with van der Waals surface area (Å²) in [6, 6.07) is 14.9. The van der Waals surface area contributed by atoms with Gasteiger partial charge in [0.2, 0.25) is 5.91 Å². The van der Waals surface area contributed by atoms with E-state index >= 15 is 0 Å². The fourth-order valence-electron chi connectivity index (χ4n) is 2.72. The smallest absolute Gasteiger partial charge is 0.264 e. The summed E-state index contributed by atoms with van der Waals surface area (Å²) in [5.41, 5.74) is -0.976. The number of hydrogen-bond donors (Lipinski definition) is 1. The molecule has 0 unspecified atom stereocenters. The molecule has 0 spiro atoms. The van der Waals surface area contributed by atoms with Crippen molar-refractivity contribution in [3.8, 4) is 5.75 Å². The summed E-state index contributed by atoms with van der Waals surface area (Å²) in [5, 5.41) is 0. The Morgan fingerprint density at radius 1 is 1.11 bits per heavy atom. The van der Waals surface area contributed by atoms with Gasteiger partial charge < -0.3 is 4.74 Å². The second-order valence-corrected chi connectivity index (χ2v) is 8.33. The highest BCUT2D eigenvalue weighted by molar-refractivity contribution is 7.90. The summed E-state index contributed by atoms with van der Waals surface area (Å²) in [5.74, 6) is -4.00. The maximum Gasteiger partial charge on any atom is 0.264 e. The van der Waals surface area contributed by atoms with E-state index in [1.807, 2.05) is 30.3 Å². The minimum absolute atomic E-state index is 0.0376. The van der Waals surface area contributed by atoms with E-state index in [2.05, 4.69) is 0 Å². The lowest BCUT2D eigenvalue weighted by Crippen LogP contribution is -2.44. The molecule has 1 saturated carbocycles. The number of carbonyl (C=O) groups excluding carboxylic acids is 1. The molecule has 2 aromatic carbocycles. The molecule has 0 heterocycles. The topological polar surface area (TPSA) is 72.5 Å². The minimum atomic E-state index is -4.24. The number of alkyl halides is 2. The molecule has 1 fully saturated rings. The maximum atomic E-state index is 13.6. The van der Waals surface area contributed by atoms with E-state index in [0.717, 1.165) is 5.56 Å². The average Bonchev–Trinajstić information content (AvgIpc) is 3.43. The van der Waals surface area contributed by atoms with Gasteiger partial charge in [-0.3, -0.25) is 4.79 Å². The highest BCUT2D eigenvalue weighted by Crippen LogP contribution is 2.56. The number of sulfonamides is 1. The predicted molar refractivity (Wildman–Crippen MR) is 94.8 cm³/mol. The van der Waals surface area contributed by atoms with Gasteiger partial charge in [0.05, 0.1) is 4.90 Å². The van der Waals surface area contributed by atoms with Crippen LogP contribution in [0.4, 0.5) is 8.78 Å². The molecule has 0 aliphatic heterocycles. The standard InChI is InChI=1S/C19H19F2NO4S/c1-18(20,21)19(11-12-19)17(23)22-27(24,25)16-9-7-15(8-10-16)26-13-14-5-3-2-4-6-14/h2-10H,11-13H2,1H3,(H,22,23). The van der Waals surface area contributed by atoms with Crippen LogP contribution < -0.4 is 9.46 Å². The summed E-state index contributed by atoms with van der Waals surface area (Å²) in [6.07, 6.45) is -0.0752. The Kier molecular flexibility index (Phi) is 4.94. The minimum Gasteiger partial charge on any atom is -0.489 e. The number of amides is 1. The number of nitrogens with one attached hydrogen (secondary N) is 1. The van der Waals surface area contributed by atoms with Crippen molar-refractivity contribution in [1.29, 1.82) is 0 Å². The molecule has 144 valence electrons. The van der Waals surface area contributed by atoms with Gasteiger partial charge in [-0.05, 0) is 42.7 Å². The van der Waals surface area contributed by atoms with Gasteiger partial charge in [-0.25, -0.2) is 21.9 Å². The first kappa shape index (κ1) is 19.3. The van der Waals surface area contributed by atoms with Crippen LogP contribution in [0.25, 0.3) is 0 Å². The molecule has 0 bridgehead atoms. The summed E-state index contributed by atoms with van der Waals surface area (Å²) < 4.78 is 59.2. The highest BCUT2D eigenvalue weighted by Gasteiger charge is 2.65. The Morgan fingerprint density at radius 2 is 1.70 bits per heavy atom. The van der Waals surface area contributed by atoms with Crippen LogP contribution >= 0.6 is 0 Å². The third-order valence-corrected chi connectivity index (χ3v) is 5.98. The number of halogens is 2. The molecule has 8 heteroatoms. The maximum absolute atomic E-state index is 13.6. The summed E-state index contributed by atoms with van der Waals surface area (Å²) in [7, 11) is -4.24. The first-order chi connectivity index (χ1) is 12.6. The van der Waals surface area contributed by atoms with Crippen LogP contribution in [0.2, 0.25) is 0 Å². The van der Waals surface area contributed by atoms with Crippen LogP contribution in [0, 0.1) is 5.41 Å². The van der Waals surface area contributed by atoms with Gasteiger partial charge in [0.25, 0.3) is 15.9 Å². The fraction of sp³-hybridized carbons (Fsp3) is 0.316. The monoisotopic (exact) mass is 395 g/mol. The first-order valence-corrected chi connectivity index (χ1v) is 9.84. The normalized spacial score (nSPS) is 15.8. The first-order valence-electron chi connectivity index (χ1n) is 8.36. The van der Waals surface area contributed by atoms with E-state index in [1.54, 1.807) is 4.72 Å². The Morgan fingerprint density at radius 3 is 2.22 bits per heavy atom. The van der Waals surface area contributed by atoms with Gasteiger partial charge in [-0.2, -0.15) is 0 Å². The van der Waals surface area contributed by atoms with Gasteiger partial charge >= 0.3 is 0 Å². The molecule has 5 nitrogen and oxygen atoms in total. The molecule has 3 rings (SSSR count). The second kappa shape index (κ2) is 6.92. The number of hydrogen-bond acceptors (Lipinski definition) is 4. The van der Waals surface area contributed by atoms with Crippen LogP contribution in [0.15, 0.2) is 59.5 Å². The predicted octanol–water partition coefficient (Wildman–Crippen LogP) is 3.51. The van der Waals surface area contributed by atoms with E-state index in [0.29, 0.717) is 19.3 Å². The fourth-order valence-corrected chi connectivity index (χ4v) is 3.78. The van der Waals surface area contributed by atoms with Crippen molar-refractivity contribution in [2.45, 2.75) is 37.2 Å². The van der Waals surface area contributed by atoms with Crippen molar-refractivity contribution in [2.75, 3.05) is 0 Å². The van der Waals surface area contributed by atoms with Crippen LogP contribution in [-0.4, -0.2) is 20.2 Å². The van der Waals surface area contributed by atoms with Crippen molar-refractivity contribution in [3.05, 3.63) is 60.2 Å². The molecule has 2 aromatic rings. The average molecular weight is 395 g/mol. The van der Waals surface area contributed by atoms with Crippen LogP contribution in [0.5, 0.6) is 5.75 Å². The summed E-state index contributed by atoms with van der Waals surface area (Å²) >= 11 is 0. The van der Waals surface area contributed by atoms with Crippen LogP contribution in [0.3, 0.4) is 0 Å². The van der Waals surface area contributed by atoms with Crippen LogP contribution in [0.1, 0.15) is 25.3 Å². The quantitative estimate of drug-likeness (QED) is 0.779. The van der Waals surface area contributed by atoms with Crippen LogP contribution in [-0.2, 0) is 21.4 Å². The lowest BCUT2D eigenvalue weighted by molar-refractivity contribution is -0.139. The molecule has 1 aliphatic carbocycles. The molecule has 27 heavy (non-hydrogen) atoms. The zero-order valence-electron chi connectivity index (χ0n) is 14.6. The Hall–Kier alpha value is -2.48. The lowest BCUT2D eigenvalue weighted by atomic mass is 9.99. The van der Waals surface area contributed by atoms with E-state index in [9.17, 15) is 22.0 Å². The molecule has 0 saturated heterocycles. The van der Waals surface area contributed by atoms with Crippen molar-refractivity contribution in [1.82, 2.24) is 4.72 Å². The lowest BCUT2D eigenvalue weighted by Gasteiger charge is -2.21. The summed E-state index contributed by atoms with van der Waals surface area (Å²) in [6.45, 7) is 0.947. The third-order valence-electron chi connectivity index (χ3n) is 4.63. The molecule has 1 aliphatic rings. The Bertz CT molecular complexity index is 918. The third kappa shape index (κ3) is 4.10. The SMILES string of the molecule is CC(F)(F)C1(C(=O)NS(=O)(=O)c2ccc(OCc3ccccc3)cc2)CC1. The highest BCUT2D eigenvalue weighted by atomic mass is 32.2. The number of benzene rings is 2. The van der Waals surface area contributed by atoms with Gasteiger partial charge in [0.15, 0.2) is 0 Å². The second-order valence-electron chi connectivity index (χ2n) is 6.65. The zero-order valence-corrected chi connectivity index (χ0v) is 15.4. The summed E-state index contributed by atoms with van der Waals surface area (Å²) in [4.78, 5) is 11.9. The van der Waals surface area contributed by atoms with Crippen molar-refractivity contribution in [3.63, 3.8) is 0 Å². The van der Waals surface area contributed by atoms with Gasteiger partial charge in [0.1, 0.15) is 17.8 Å². The molecule has 0 atom stereocenters. The van der Waals surface area contributed by atoms with Crippen molar-refractivity contribution >= 4 is 15.9 Å². The van der Waals surface area contributed by atoms with Gasteiger partial charge in [-0.15, -0.1) is 0 Å². The molecule has 0 aromatic heterocycles. The van der Waals surface area contributed by atoms with E-state index in [4.69, 9.17) is 4.74 Å². The number of rotatable bonds is 7. The van der Waals surface area contributed by atoms with E-state index < -0.39 is 27.3 Å². The molecule has 1 N–H and O–H groups in total. The van der Waals surface area contributed by atoms with Gasteiger partial charge in [-0.1, -0.05) is 30.3 Å². The molecular weight excluding hydrogens is 376 g/mol. The van der Waals surface area contributed by atoms with Crippen molar-refractivity contribution < 1.29 is 26.7 Å². The Labute approximate surface area is 156 Å². The molecule has 0 radical (unpaired) electrons. The molecular formula is C19H19F2NO4S.